The van der Waals surface area contributed by atoms with Crippen molar-refractivity contribution in [2.24, 2.45) is 11.7 Å². The minimum atomic E-state index is -0.521. The van der Waals surface area contributed by atoms with Crippen molar-refractivity contribution in [1.82, 2.24) is 15.5 Å². The van der Waals surface area contributed by atoms with Crippen LogP contribution in [0.2, 0.25) is 0 Å². The zero-order chi connectivity index (χ0) is 17.4. The van der Waals surface area contributed by atoms with E-state index in [4.69, 9.17) is 5.73 Å². The van der Waals surface area contributed by atoms with Gasteiger partial charge in [-0.05, 0) is 37.7 Å². The Labute approximate surface area is 138 Å². The first-order chi connectivity index (χ1) is 10.8. The lowest BCUT2D eigenvalue weighted by Crippen LogP contribution is -2.43. The molecular formula is C17H28N4O2. The van der Waals surface area contributed by atoms with E-state index in [1.54, 1.807) is 12.1 Å². The number of benzene rings is 1. The molecule has 0 bridgehead atoms. The minimum absolute atomic E-state index is 0.0869. The molecule has 0 fully saturated rings. The van der Waals surface area contributed by atoms with E-state index in [1.807, 2.05) is 45.0 Å². The maximum absolute atomic E-state index is 12.1. The van der Waals surface area contributed by atoms with Gasteiger partial charge in [0.25, 0.3) is 5.91 Å². The molecule has 128 valence electrons. The number of nitrogens with one attached hydrogen (secondary N) is 2. The van der Waals surface area contributed by atoms with E-state index >= 15 is 0 Å². The Morgan fingerprint density at radius 2 is 1.91 bits per heavy atom. The molecule has 1 aromatic carbocycles. The summed E-state index contributed by atoms with van der Waals surface area (Å²) < 4.78 is 0. The second kappa shape index (κ2) is 9.27. The molecule has 4 N–H and O–H groups in total. The van der Waals surface area contributed by atoms with Gasteiger partial charge in [0.15, 0.2) is 0 Å². The van der Waals surface area contributed by atoms with E-state index in [0.717, 1.165) is 12.1 Å². The van der Waals surface area contributed by atoms with E-state index < -0.39 is 6.04 Å². The molecule has 0 aliphatic carbocycles. The number of rotatable bonds is 8. The van der Waals surface area contributed by atoms with Crippen molar-refractivity contribution in [2.75, 3.05) is 27.2 Å². The van der Waals surface area contributed by atoms with Gasteiger partial charge in [-0.3, -0.25) is 9.59 Å². The van der Waals surface area contributed by atoms with Crippen LogP contribution in [0.15, 0.2) is 24.3 Å². The molecule has 0 heterocycles. The summed E-state index contributed by atoms with van der Waals surface area (Å²) in [6, 6.07) is 6.71. The van der Waals surface area contributed by atoms with Gasteiger partial charge in [0.05, 0.1) is 6.04 Å². The fourth-order valence-electron chi connectivity index (χ4n) is 1.93. The lowest BCUT2D eigenvalue weighted by Gasteiger charge is -2.15. The zero-order valence-electron chi connectivity index (χ0n) is 14.4. The van der Waals surface area contributed by atoms with Crippen LogP contribution in [-0.2, 0) is 11.3 Å². The minimum Gasteiger partial charge on any atom is -0.351 e. The summed E-state index contributed by atoms with van der Waals surface area (Å²) in [5, 5.41) is 5.67. The summed E-state index contributed by atoms with van der Waals surface area (Å²) in [7, 11) is 3.91. The van der Waals surface area contributed by atoms with Gasteiger partial charge in [0.1, 0.15) is 0 Å². The number of amides is 2. The average molecular weight is 320 g/mol. The average Bonchev–Trinajstić information content (AvgIpc) is 2.51. The fraction of sp³-hybridized carbons (Fsp3) is 0.529. The molecule has 0 aliphatic rings. The first-order valence-electron chi connectivity index (χ1n) is 7.86. The van der Waals surface area contributed by atoms with Crippen LogP contribution >= 0.6 is 0 Å². The quantitative estimate of drug-likeness (QED) is 0.654. The van der Waals surface area contributed by atoms with Gasteiger partial charge < -0.3 is 21.3 Å². The van der Waals surface area contributed by atoms with Crippen LogP contribution in [0.1, 0.15) is 29.8 Å². The number of carbonyl (C=O) groups is 2. The van der Waals surface area contributed by atoms with Gasteiger partial charge in [-0.25, -0.2) is 0 Å². The first kappa shape index (κ1) is 19.1. The van der Waals surface area contributed by atoms with E-state index in [2.05, 4.69) is 10.6 Å². The maximum Gasteiger partial charge on any atom is 0.251 e. The number of nitrogens with two attached hydrogens (primary N) is 1. The lowest BCUT2D eigenvalue weighted by molar-refractivity contribution is -0.123. The standard InChI is InChI=1S/C17H28N4O2/c1-12(2)15(18)17(23)20-11-13-6-5-7-14(10-13)16(22)19-8-9-21(3)4/h5-7,10,12,15H,8-9,11,18H2,1-4H3,(H,19,22)(H,20,23)/t15-/m0/s1. The second-order valence-corrected chi connectivity index (χ2v) is 6.25. The number of hydrogen-bond acceptors (Lipinski definition) is 4. The smallest absolute Gasteiger partial charge is 0.251 e. The molecule has 0 aromatic heterocycles. The molecular weight excluding hydrogens is 292 g/mol. The van der Waals surface area contributed by atoms with Crippen LogP contribution in [0.25, 0.3) is 0 Å². The third-order valence-corrected chi connectivity index (χ3v) is 3.52. The Kier molecular flexibility index (Phi) is 7.71. The maximum atomic E-state index is 12.1. The Morgan fingerprint density at radius 1 is 1.22 bits per heavy atom. The SMILES string of the molecule is CC(C)[C@H](N)C(=O)NCc1cccc(C(=O)NCCN(C)C)c1. The van der Waals surface area contributed by atoms with E-state index in [0.29, 0.717) is 18.7 Å². The van der Waals surface area contributed by atoms with Gasteiger partial charge in [-0.2, -0.15) is 0 Å². The molecule has 0 radical (unpaired) electrons. The largest absolute Gasteiger partial charge is 0.351 e. The summed E-state index contributed by atoms with van der Waals surface area (Å²) in [5.41, 5.74) is 7.26. The third-order valence-electron chi connectivity index (χ3n) is 3.52. The number of carbonyl (C=O) groups excluding carboxylic acids is 2. The highest BCUT2D eigenvalue weighted by atomic mass is 16.2. The lowest BCUT2D eigenvalue weighted by atomic mass is 10.0. The van der Waals surface area contributed by atoms with Crippen molar-refractivity contribution in [1.29, 1.82) is 0 Å². The molecule has 2 amide bonds. The van der Waals surface area contributed by atoms with Gasteiger partial charge in [-0.15, -0.1) is 0 Å². The van der Waals surface area contributed by atoms with Crippen molar-refractivity contribution in [3.8, 4) is 0 Å². The topological polar surface area (TPSA) is 87.5 Å². The first-order valence-corrected chi connectivity index (χ1v) is 7.86. The highest BCUT2D eigenvalue weighted by Gasteiger charge is 2.16. The summed E-state index contributed by atoms with van der Waals surface area (Å²) in [6.45, 7) is 5.55. The number of nitrogens with zero attached hydrogens (tertiary/aromatic N) is 1. The molecule has 0 spiro atoms. The highest BCUT2D eigenvalue weighted by molar-refractivity contribution is 5.94. The molecule has 0 unspecified atom stereocenters. The van der Waals surface area contributed by atoms with Crippen LogP contribution in [0, 0.1) is 5.92 Å². The molecule has 1 rings (SSSR count). The molecule has 1 aromatic rings. The molecule has 6 nitrogen and oxygen atoms in total. The van der Waals surface area contributed by atoms with Gasteiger partial charge in [-0.1, -0.05) is 26.0 Å². The predicted octanol–water partition coefficient (Wildman–Crippen LogP) is 0.578. The molecule has 0 aliphatic heterocycles. The summed E-state index contributed by atoms with van der Waals surface area (Å²) in [6.07, 6.45) is 0. The second-order valence-electron chi connectivity index (χ2n) is 6.25. The number of hydrogen-bond donors (Lipinski definition) is 3. The van der Waals surface area contributed by atoms with Crippen molar-refractivity contribution in [3.05, 3.63) is 35.4 Å². The van der Waals surface area contributed by atoms with Crippen LogP contribution in [-0.4, -0.2) is 49.9 Å². The van der Waals surface area contributed by atoms with Crippen molar-refractivity contribution in [3.63, 3.8) is 0 Å². The van der Waals surface area contributed by atoms with Crippen LogP contribution in [0.4, 0.5) is 0 Å². The Hall–Kier alpha value is -1.92. The molecule has 6 heteroatoms. The van der Waals surface area contributed by atoms with Gasteiger partial charge in [0.2, 0.25) is 5.91 Å². The predicted molar refractivity (Wildman–Crippen MR) is 92.0 cm³/mol. The molecule has 0 saturated carbocycles. The van der Waals surface area contributed by atoms with Crippen LogP contribution < -0.4 is 16.4 Å². The zero-order valence-corrected chi connectivity index (χ0v) is 14.4. The monoisotopic (exact) mass is 320 g/mol. The molecule has 1 atom stereocenters. The normalized spacial score (nSPS) is 12.3. The summed E-state index contributed by atoms with van der Waals surface area (Å²) in [5.74, 6) is -0.205. The Morgan fingerprint density at radius 3 is 2.52 bits per heavy atom. The summed E-state index contributed by atoms with van der Waals surface area (Å²) in [4.78, 5) is 25.9. The van der Waals surface area contributed by atoms with Crippen molar-refractivity contribution >= 4 is 11.8 Å². The van der Waals surface area contributed by atoms with Crippen LogP contribution in [0.3, 0.4) is 0 Å². The van der Waals surface area contributed by atoms with Gasteiger partial charge in [0, 0.05) is 25.2 Å². The van der Waals surface area contributed by atoms with E-state index in [9.17, 15) is 9.59 Å². The Bertz CT molecular complexity index is 529. The van der Waals surface area contributed by atoms with Crippen molar-refractivity contribution < 1.29 is 9.59 Å². The van der Waals surface area contributed by atoms with Gasteiger partial charge >= 0.3 is 0 Å². The molecule has 23 heavy (non-hydrogen) atoms. The van der Waals surface area contributed by atoms with Crippen molar-refractivity contribution in [2.45, 2.75) is 26.4 Å². The van der Waals surface area contributed by atoms with E-state index in [1.165, 1.54) is 0 Å². The summed E-state index contributed by atoms with van der Waals surface area (Å²) >= 11 is 0. The fourth-order valence-corrected chi connectivity index (χ4v) is 1.93. The van der Waals surface area contributed by atoms with E-state index in [-0.39, 0.29) is 17.7 Å². The number of likely N-dealkylation sites (N-methyl/N-ethyl adjacent to an activating group) is 1. The highest BCUT2D eigenvalue weighted by Crippen LogP contribution is 2.06. The van der Waals surface area contributed by atoms with Crippen LogP contribution in [0.5, 0.6) is 0 Å². The third kappa shape index (κ3) is 6.80. The molecule has 0 saturated heterocycles. The Balaban J connectivity index is 2.56.